The van der Waals surface area contributed by atoms with Gasteiger partial charge in [0, 0.05) is 24.3 Å². The first-order chi connectivity index (χ1) is 14.7. The average Bonchev–Trinajstić information content (AvgIpc) is 3.18. The number of fused-ring (bicyclic) bond motifs is 1. The van der Waals surface area contributed by atoms with Gasteiger partial charge < -0.3 is 10.2 Å². The van der Waals surface area contributed by atoms with Gasteiger partial charge in [0.05, 0.1) is 10.1 Å². The van der Waals surface area contributed by atoms with Gasteiger partial charge >= 0.3 is 0 Å². The minimum atomic E-state index is -1.02. The zero-order valence-electron chi connectivity index (χ0n) is 16.7. The number of likely N-dealkylation sites (N-methyl/N-ethyl adjacent to an activating group) is 1. The Kier molecular flexibility index (Phi) is 5.55. The van der Waals surface area contributed by atoms with E-state index in [1.165, 1.54) is 34.9 Å². The molecule has 4 rings (SSSR count). The number of benzene rings is 2. The minimum absolute atomic E-state index is 0.209. The molecule has 0 bridgehead atoms. The Morgan fingerprint density at radius 1 is 1.06 bits per heavy atom. The second-order valence-corrected chi connectivity index (χ2v) is 8.40. The molecule has 0 saturated carbocycles. The zero-order valence-corrected chi connectivity index (χ0v) is 17.5. The zero-order chi connectivity index (χ0) is 22.3. The van der Waals surface area contributed by atoms with Crippen LogP contribution in [0, 0.1) is 17.5 Å². The maximum atomic E-state index is 13.9. The van der Waals surface area contributed by atoms with E-state index in [0.717, 1.165) is 23.5 Å². The minimum Gasteiger partial charge on any atom is -0.321 e. The smallest absolute Gasteiger partial charge is 0.269 e. The molecule has 0 fully saturated rings. The summed E-state index contributed by atoms with van der Waals surface area (Å²) in [5.74, 6) is -2.93. The number of carbonyl (C=O) groups is 1. The van der Waals surface area contributed by atoms with Gasteiger partial charge in [-0.3, -0.25) is 14.2 Å². The lowest BCUT2D eigenvalue weighted by atomic mass is 10.1. The number of carbonyl (C=O) groups excluding carboxylic acids is 1. The van der Waals surface area contributed by atoms with E-state index in [4.69, 9.17) is 0 Å². The molecule has 0 saturated heterocycles. The van der Waals surface area contributed by atoms with E-state index < -0.39 is 23.4 Å². The summed E-state index contributed by atoms with van der Waals surface area (Å²) in [5, 5.41) is 2.69. The SMILES string of the molecule is CN(C)CCn1c(=O)c(=Cc2ccc(F)c(F)c2)s/c1=C1\C(=O)Nc2ccc(F)cc21. The van der Waals surface area contributed by atoms with Gasteiger partial charge in [-0.15, -0.1) is 11.3 Å². The summed E-state index contributed by atoms with van der Waals surface area (Å²) in [6.45, 7) is 0.823. The Hall–Kier alpha value is -3.17. The lowest BCUT2D eigenvalue weighted by molar-refractivity contribution is -0.110. The Labute approximate surface area is 179 Å². The molecule has 1 aromatic heterocycles. The predicted octanol–water partition coefficient (Wildman–Crippen LogP) is 1.87. The number of nitrogens with zero attached hydrogens (tertiary/aromatic N) is 2. The predicted molar refractivity (Wildman–Crippen MR) is 114 cm³/mol. The number of hydrogen-bond acceptors (Lipinski definition) is 4. The highest BCUT2D eigenvalue weighted by atomic mass is 32.1. The van der Waals surface area contributed by atoms with Gasteiger partial charge in [-0.05, 0) is 56.1 Å². The molecule has 1 aliphatic rings. The maximum absolute atomic E-state index is 13.9. The van der Waals surface area contributed by atoms with Crippen molar-refractivity contribution in [1.29, 1.82) is 0 Å². The van der Waals surface area contributed by atoms with E-state index in [1.54, 1.807) is 0 Å². The number of hydrogen-bond donors (Lipinski definition) is 1. The monoisotopic (exact) mass is 445 g/mol. The van der Waals surface area contributed by atoms with Gasteiger partial charge in [-0.25, -0.2) is 13.2 Å². The molecule has 0 radical (unpaired) electrons. The van der Waals surface area contributed by atoms with E-state index in [2.05, 4.69) is 5.32 Å². The molecule has 0 spiro atoms. The first kappa shape index (κ1) is 21.1. The van der Waals surface area contributed by atoms with Gasteiger partial charge in [0.15, 0.2) is 11.6 Å². The second-order valence-electron chi connectivity index (χ2n) is 7.37. The summed E-state index contributed by atoms with van der Waals surface area (Å²) in [5.41, 5.74) is 1.00. The highest BCUT2D eigenvalue weighted by molar-refractivity contribution is 7.07. The van der Waals surface area contributed by atoms with Crippen molar-refractivity contribution in [3.05, 3.63) is 84.5 Å². The van der Waals surface area contributed by atoms with Gasteiger partial charge in [-0.2, -0.15) is 0 Å². The van der Waals surface area contributed by atoms with Crippen molar-refractivity contribution in [1.82, 2.24) is 9.47 Å². The third-order valence-electron chi connectivity index (χ3n) is 4.86. The Morgan fingerprint density at radius 2 is 1.84 bits per heavy atom. The van der Waals surface area contributed by atoms with Crippen LogP contribution < -0.4 is 20.1 Å². The van der Waals surface area contributed by atoms with Crippen LogP contribution in [0.15, 0.2) is 41.2 Å². The maximum Gasteiger partial charge on any atom is 0.269 e. The van der Waals surface area contributed by atoms with Crippen LogP contribution in [0.4, 0.5) is 18.9 Å². The molecule has 5 nitrogen and oxygen atoms in total. The second kappa shape index (κ2) is 8.16. The fourth-order valence-electron chi connectivity index (χ4n) is 3.31. The van der Waals surface area contributed by atoms with E-state index in [-0.39, 0.29) is 15.7 Å². The topological polar surface area (TPSA) is 54.3 Å². The number of aromatic nitrogens is 1. The summed E-state index contributed by atoms with van der Waals surface area (Å²) in [6.07, 6.45) is 1.45. The molecule has 9 heteroatoms. The summed E-state index contributed by atoms with van der Waals surface area (Å²) < 4.78 is 42.8. The van der Waals surface area contributed by atoms with Crippen molar-refractivity contribution in [2.75, 3.05) is 26.0 Å². The number of nitrogens with one attached hydrogen (secondary N) is 1. The molecule has 2 aromatic carbocycles. The van der Waals surface area contributed by atoms with Crippen LogP contribution in [0.5, 0.6) is 0 Å². The molecule has 0 atom stereocenters. The van der Waals surface area contributed by atoms with Crippen molar-refractivity contribution in [3.8, 4) is 0 Å². The standard InChI is InChI=1S/C22H18F3N3O2S/c1-27(2)7-8-28-21(30)18(10-12-3-5-15(24)16(25)9-12)31-22(28)19-14-11-13(23)4-6-17(14)26-20(19)29/h3-6,9-11H,7-8H2,1-2H3,(H,26,29)/b18-10?,22-19-. The number of amides is 1. The van der Waals surface area contributed by atoms with Crippen LogP contribution in [-0.2, 0) is 11.3 Å². The summed E-state index contributed by atoms with van der Waals surface area (Å²) in [4.78, 5) is 27.7. The molecule has 1 amide bonds. The molecule has 1 N–H and O–H groups in total. The highest BCUT2D eigenvalue weighted by Crippen LogP contribution is 2.30. The number of thiazole rings is 1. The highest BCUT2D eigenvalue weighted by Gasteiger charge is 2.27. The van der Waals surface area contributed by atoms with E-state index in [9.17, 15) is 22.8 Å². The fourth-order valence-corrected chi connectivity index (χ4v) is 4.50. The fraction of sp³-hybridized carbons (Fsp3) is 0.182. The first-order valence-electron chi connectivity index (χ1n) is 9.41. The van der Waals surface area contributed by atoms with Crippen molar-refractivity contribution in [2.24, 2.45) is 0 Å². The number of halogens is 3. The van der Waals surface area contributed by atoms with E-state index in [1.807, 2.05) is 19.0 Å². The van der Waals surface area contributed by atoms with Crippen LogP contribution in [0.25, 0.3) is 11.6 Å². The quantitative estimate of drug-likeness (QED) is 0.667. The Bertz CT molecular complexity index is 1380. The number of anilines is 1. The van der Waals surface area contributed by atoms with Gasteiger partial charge in [0.1, 0.15) is 10.5 Å². The van der Waals surface area contributed by atoms with Gasteiger partial charge in [0.2, 0.25) is 0 Å². The lowest BCUT2D eigenvalue weighted by Crippen LogP contribution is -2.36. The van der Waals surface area contributed by atoms with Crippen molar-refractivity contribution < 1.29 is 18.0 Å². The molecule has 0 aliphatic carbocycles. The summed E-state index contributed by atoms with van der Waals surface area (Å²) in [6, 6.07) is 7.32. The molecular weight excluding hydrogens is 427 g/mol. The third kappa shape index (κ3) is 4.06. The molecule has 0 unspecified atom stereocenters. The van der Waals surface area contributed by atoms with Crippen LogP contribution in [0.2, 0.25) is 0 Å². The lowest BCUT2D eigenvalue weighted by Gasteiger charge is -2.10. The van der Waals surface area contributed by atoms with Crippen LogP contribution in [0.1, 0.15) is 11.1 Å². The molecule has 1 aliphatic heterocycles. The normalized spacial score (nSPS) is 15.5. The summed E-state index contributed by atoms with van der Waals surface area (Å²) >= 11 is 1.05. The van der Waals surface area contributed by atoms with Crippen LogP contribution in [-0.4, -0.2) is 36.0 Å². The van der Waals surface area contributed by atoms with Gasteiger partial charge in [-0.1, -0.05) is 6.07 Å². The Balaban J connectivity index is 2.00. The molecule has 2 heterocycles. The molecule has 31 heavy (non-hydrogen) atoms. The van der Waals surface area contributed by atoms with Crippen LogP contribution in [0.3, 0.4) is 0 Å². The molecular formula is C22H18F3N3O2S. The van der Waals surface area contributed by atoms with Crippen molar-refractivity contribution in [2.45, 2.75) is 6.54 Å². The van der Waals surface area contributed by atoms with Gasteiger partial charge in [0.25, 0.3) is 11.5 Å². The van der Waals surface area contributed by atoms with Crippen molar-refractivity contribution in [3.63, 3.8) is 0 Å². The molecule has 160 valence electrons. The first-order valence-corrected chi connectivity index (χ1v) is 10.2. The molecule has 3 aromatic rings. The van der Waals surface area contributed by atoms with Crippen molar-refractivity contribution >= 4 is 34.6 Å². The van der Waals surface area contributed by atoms with E-state index in [0.29, 0.717) is 34.6 Å². The summed E-state index contributed by atoms with van der Waals surface area (Å²) in [7, 11) is 3.71. The third-order valence-corrected chi connectivity index (χ3v) is 5.99. The van der Waals surface area contributed by atoms with E-state index >= 15 is 0 Å². The van der Waals surface area contributed by atoms with Crippen LogP contribution >= 0.6 is 11.3 Å². The largest absolute Gasteiger partial charge is 0.321 e. The average molecular weight is 445 g/mol. The Morgan fingerprint density at radius 3 is 2.55 bits per heavy atom. The number of rotatable bonds is 4.